The molecule has 1 N–H and O–H groups in total. The average Bonchev–Trinajstić information content (AvgIpc) is 2.55. The van der Waals surface area contributed by atoms with E-state index < -0.39 is 0 Å². The van der Waals surface area contributed by atoms with E-state index in [1.54, 1.807) is 0 Å². The van der Waals surface area contributed by atoms with Gasteiger partial charge in [-0.25, -0.2) is 0 Å². The number of hydrogen-bond acceptors (Lipinski definition) is 3. The van der Waals surface area contributed by atoms with Gasteiger partial charge in [0.15, 0.2) is 0 Å². The fraction of sp³-hybridized carbons (Fsp3) is 0.750. The molecule has 0 radical (unpaired) electrons. The second-order valence-corrected chi connectivity index (χ2v) is 4.49. The van der Waals surface area contributed by atoms with E-state index in [9.17, 15) is 9.90 Å². The first-order valence-corrected chi connectivity index (χ1v) is 5.76. The van der Waals surface area contributed by atoms with E-state index in [-0.39, 0.29) is 18.0 Å². The van der Waals surface area contributed by atoms with Gasteiger partial charge in [-0.05, 0) is 37.5 Å². The summed E-state index contributed by atoms with van der Waals surface area (Å²) in [5, 5.41) is 9.80. The number of aliphatic hydroxyl groups is 1. The lowest BCUT2D eigenvalue weighted by molar-refractivity contribution is -0.145. The zero-order valence-corrected chi connectivity index (χ0v) is 8.89. The van der Waals surface area contributed by atoms with E-state index in [0.717, 1.165) is 25.7 Å². The minimum absolute atomic E-state index is 0.102. The molecule has 0 aromatic heterocycles. The molecule has 15 heavy (non-hydrogen) atoms. The Hall–Kier alpha value is -0.830. The molecule has 1 heterocycles. The smallest absolute Gasteiger partial charge is 0.306 e. The molecule has 1 aliphatic heterocycles. The number of hydrogen-bond donors (Lipinski definition) is 1. The van der Waals surface area contributed by atoms with Crippen LogP contribution in [-0.2, 0) is 9.53 Å². The van der Waals surface area contributed by atoms with Gasteiger partial charge in [-0.1, -0.05) is 12.2 Å². The second kappa shape index (κ2) is 4.79. The fourth-order valence-corrected chi connectivity index (χ4v) is 2.62. The molecule has 2 aliphatic rings. The zero-order chi connectivity index (χ0) is 10.7. The van der Waals surface area contributed by atoms with Gasteiger partial charge in [0.2, 0.25) is 0 Å². The summed E-state index contributed by atoms with van der Waals surface area (Å²) < 4.78 is 5.09. The monoisotopic (exact) mass is 210 g/mol. The van der Waals surface area contributed by atoms with Crippen LogP contribution in [0.5, 0.6) is 0 Å². The molecule has 0 spiro atoms. The van der Waals surface area contributed by atoms with E-state index in [2.05, 4.69) is 6.08 Å². The predicted molar refractivity (Wildman–Crippen MR) is 56.2 cm³/mol. The van der Waals surface area contributed by atoms with Gasteiger partial charge >= 0.3 is 5.97 Å². The van der Waals surface area contributed by atoms with Crippen LogP contribution in [0.15, 0.2) is 12.2 Å². The summed E-state index contributed by atoms with van der Waals surface area (Å²) in [5.41, 5.74) is 0. The second-order valence-electron chi connectivity index (χ2n) is 4.49. The number of aliphatic hydroxyl groups excluding tert-OH is 1. The summed E-state index contributed by atoms with van der Waals surface area (Å²) in [7, 11) is 0. The van der Waals surface area contributed by atoms with Crippen LogP contribution in [0.4, 0.5) is 0 Å². The predicted octanol–water partition coefficient (Wildman–Crippen LogP) is 1.66. The standard InChI is InChI=1S/C12H18O3/c13-11-6-5-9-8-12(14)15-7-3-1-2-4-10(9)11/h1-2,9-11,13H,3-8H2/b2-1-/t9-,10+,11-/m1/s1. The minimum Gasteiger partial charge on any atom is -0.465 e. The number of fused-ring (bicyclic) bond motifs is 1. The van der Waals surface area contributed by atoms with E-state index >= 15 is 0 Å². The fourth-order valence-electron chi connectivity index (χ4n) is 2.62. The Kier molecular flexibility index (Phi) is 3.41. The number of allylic oxidation sites excluding steroid dienone is 1. The van der Waals surface area contributed by atoms with E-state index in [4.69, 9.17) is 4.74 Å². The maximum atomic E-state index is 11.4. The normalized spacial score (nSPS) is 39.3. The molecule has 84 valence electrons. The van der Waals surface area contributed by atoms with Crippen molar-refractivity contribution in [2.24, 2.45) is 11.8 Å². The molecule has 0 amide bonds. The van der Waals surface area contributed by atoms with E-state index in [1.165, 1.54) is 0 Å². The summed E-state index contributed by atoms with van der Waals surface area (Å²) in [6.07, 6.45) is 7.89. The van der Waals surface area contributed by atoms with Crippen LogP contribution in [0.3, 0.4) is 0 Å². The summed E-state index contributed by atoms with van der Waals surface area (Å²) in [6, 6.07) is 0. The summed E-state index contributed by atoms with van der Waals surface area (Å²) >= 11 is 0. The maximum absolute atomic E-state index is 11.4. The molecular formula is C12H18O3. The van der Waals surface area contributed by atoms with Crippen molar-refractivity contribution < 1.29 is 14.6 Å². The molecule has 0 unspecified atom stereocenters. The molecule has 3 heteroatoms. The van der Waals surface area contributed by atoms with Gasteiger partial charge in [0.25, 0.3) is 0 Å². The molecule has 3 nitrogen and oxygen atoms in total. The van der Waals surface area contributed by atoms with Gasteiger partial charge in [0.05, 0.1) is 12.7 Å². The Morgan fingerprint density at radius 2 is 2.20 bits per heavy atom. The Labute approximate surface area is 90.1 Å². The van der Waals surface area contributed by atoms with Crippen molar-refractivity contribution in [3.8, 4) is 0 Å². The highest BCUT2D eigenvalue weighted by atomic mass is 16.5. The Morgan fingerprint density at radius 3 is 3.07 bits per heavy atom. The lowest BCUT2D eigenvalue weighted by atomic mass is 9.89. The lowest BCUT2D eigenvalue weighted by Crippen LogP contribution is -2.22. The van der Waals surface area contributed by atoms with E-state index in [0.29, 0.717) is 18.9 Å². The first-order valence-electron chi connectivity index (χ1n) is 5.76. The van der Waals surface area contributed by atoms with Gasteiger partial charge in [0.1, 0.15) is 0 Å². The van der Waals surface area contributed by atoms with Gasteiger partial charge in [-0.2, -0.15) is 0 Å². The van der Waals surface area contributed by atoms with Crippen LogP contribution >= 0.6 is 0 Å². The summed E-state index contributed by atoms with van der Waals surface area (Å²) in [4.78, 5) is 11.4. The number of carbonyl (C=O) groups is 1. The van der Waals surface area contributed by atoms with Crippen LogP contribution in [0.2, 0.25) is 0 Å². The summed E-state index contributed by atoms with van der Waals surface area (Å²) in [6.45, 7) is 0.495. The van der Waals surface area contributed by atoms with Crippen LogP contribution < -0.4 is 0 Å². The Morgan fingerprint density at radius 1 is 1.33 bits per heavy atom. The van der Waals surface area contributed by atoms with Crippen molar-refractivity contribution in [2.75, 3.05) is 6.61 Å². The molecule has 0 saturated heterocycles. The summed E-state index contributed by atoms with van der Waals surface area (Å²) in [5.74, 6) is 0.469. The largest absolute Gasteiger partial charge is 0.465 e. The van der Waals surface area contributed by atoms with Crippen LogP contribution in [0.25, 0.3) is 0 Å². The first kappa shape index (κ1) is 10.7. The SMILES string of the molecule is O=C1C[C@H]2CC[C@@H](O)[C@H]2C/C=C\CCO1. The molecule has 2 rings (SSSR count). The third kappa shape index (κ3) is 2.59. The number of ether oxygens (including phenoxy) is 1. The van der Waals surface area contributed by atoms with Gasteiger partial charge in [-0.3, -0.25) is 4.79 Å². The first-order chi connectivity index (χ1) is 7.27. The van der Waals surface area contributed by atoms with Crippen molar-refractivity contribution in [1.82, 2.24) is 0 Å². The molecule has 1 aliphatic carbocycles. The molecule has 0 aromatic carbocycles. The third-order valence-electron chi connectivity index (χ3n) is 3.48. The van der Waals surface area contributed by atoms with E-state index in [1.807, 2.05) is 6.08 Å². The zero-order valence-electron chi connectivity index (χ0n) is 8.89. The van der Waals surface area contributed by atoms with Crippen molar-refractivity contribution in [3.63, 3.8) is 0 Å². The quantitative estimate of drug-likeness (QED) is 0.488. The molecule has 0 bridgehead atoms. The number of carbonyl (C=O) groups excluding carboxylic acids is 1. The van der Waals surface area contributed by atoms with Gasteiger partial charge in [0, 0.05) is 6.42 Å². The maximum Gasteiger partial charge on any atom is 0.306 e. The lowest BCUT2D eigenvalue weighted by Gasteiger charge is -2.20. The highest BCUT2D eigenvalue weighted by Crippen LogP contribution is 2.37. The third-order valence-corrected chi connectivity index (χ3v) is 3.48. The van der Waals surface area contributed by atoms with Crippen molar-refractivity contribution >= 4 is 5.97 Å². The minimum atomic E-state index is -0.230. The molecule has 1 saturated carbocycles. The van der Waals surface area contributed by atoms with Crippen molar-refractivity contribution in [3.05, 3.63) is 12.2 Å². The van der Waals surface area contributed by atoms with Crippen LogP contribution in [0.1, 0.15) is 32.1 Å². The number of esters is 1. The van der Waals surface area contributed by atoms with Gasteiger partial charge in [-0.15, -0.1) is 0 Å². The highest BCUT2D eigenvalue weighted by Gasteiger charge is 2.35. The average molecular weight is 210 g/mol. The molecule has 0 aromatic rings. The molecule has 1 fully saturated rings. The Balaban J connectivity index is 2.05. The van der Waals surface area contributed by atoms with Crippen molar-refractivity contribution in [2.45, 2.75) is 38.2 Å². The van der Waals surface area contributed by atoms with Crippen LogP contribution in [-0.4, -0.2) is 23.8 Å². The number of rotatable bonds is 0. The highest BCUT2D eigenvalue weighted by molar-refractivity contribution is 5.69. The van der Waals surface area contributed by atoms with Crippen LogP contribution in [0, 0.1) is 11.8 Å². The topological polar surface area (TPSA) is 46.5 Å². The molecule has 3 atom stereocenters. The molecular weight excluding hydrogens is 192 g/mol. The Bertz CT molecular complexity index is 260. The van der Waals surface area contributed by atoms with Gasteiger partial charge < -0.3 is 9.84 Å². The number of cyclic esters (lactones) is 1. The van der Waals surface area contributed by atoms with Crippen molar-refractivity contribution in [1.29, 1.82) is 0 Å².